The van der Waals surface area contributed by atoms with Crippen LogP contribution in [0.2, 0.25) is 0 Å². The topological polar surface area (TPSA) is 40.5 Å². The number of carbonyl (C=O) groups is 1. The Morgan fingerprint density at radius 2 is 2.00 bits per heavy atom. The highest BCUT2D eigenvalue weighted by Gasteiger charge is 2.30. The van der Waals surface area contributed by atoms with Gasteiger partial charge >= 0.3 is 0 Å². The standard InChI is InChI=1S/C11H19NO2/c13-8-9-5-6-12(7-9)10-1-3-11(14)4-2-10/h9-10,13H,1-8H2. The van der Waals surface area contributed by atoms with E-state index in [1.807, 2.05) is 0 Å². The van der Waals surface area contributed by atoms with Crippen molar-refractivity contribution >= 4 is 5.78 Å². The zero-order valence-corrected chi connectivity index (χ0v) is 8.61. The summed E-state index contributed by atoms with van der Waals surface area (Å²) in [6, 6.07) is 0.615. The zero-order valence-electron chi connectivity index (χ0n) is 8.61. The molecule has 0 spiro atoms. The van der Waals surface area contributed by atoms with E-state index in [1.54, 1.807) is 0 Å². The van der Waals surface area contributed by atoms with Gasteiger partial charge in [-0.25, -0.2) is 0 Å². The summed E-state index contributed by atoms with van der Waals surface area (Å²) in [6.45, 7) is 2.47. The van der Waals surface area contributed by atoms with Crippen molar-refractivity contribution in [2.24, 2.45) is 5.92 Å². The molecule has 3 nitrogen and oxygen atoms in total. The van der Waals surface area contributed by atoms with Crippen LogP contribution < -0.4 is 0 Å². The average molecular weight is 197 g/mol. The van der Waals surface area contributed by atoms with E-state index in [2.05, 4.69) is 4.90 Å². The Hall–Kier alpha value is -0.410. The number of likely N-dealkylation sites (tertiary alicyclic amines) is 1. The Labute approximate surface area is 85.1 Å². The van der Waals surface area contributed by atoms with Crippen LogP contribution in [0.5, 0.6) is 0 Å². The molecule has 1 aliphatic carbocycles. The summed E-state index contributed by atoms with van der Waals surface area (Å²) < 4.78 is 0. The van der Waals surface area contributed by atoms with Gasteiger partial charge in [0.05, 0.1) is 0 Å². The van der Waals surface area contributed by atoms with E-state index in [-0.39, 0.29) is 0 Å². The van der Waals surface area contributed by atoms with E-state index in [9.17, 15) is 4.79 Å². The molecule has 2 aliphatic rings. The minimum absolute atomic E-state index is 0.322. The molecule has 1 aliphatic heterocycles. The molecule has 1 heterocycles. The highest BCUT2D eigenvalue weighted by molar-refractivity contribution is 5.79. The summed E-state index contributed by atoms with van der Waals surface area (Å²) in [5, 5.41) is 9.04. The van der Waals surface area contributed by atoms with Gasteiger partial charge in [0.1, 0.15) is 5.78 Å². The highest BCUT2D eigenvalue weighted by atomic mass is 16.3. The molecule has 0 aromatic rings. The molecule has 0 radical (unpaired) electrons. The van der Waals surface area contributed by atoms with E-state index in [4.69, 9.17) is 5.11 Å². The van der Waals surface area contributed by atoms with Crippen molar-refractivity contribution < 1.29 is 9.90 Å². The van der Waals surface area contributed by atoms with Gasteiger partial charge in [0.2, 0.25) is 0 Å². The maximum Gasteiger partial charge on any atom is 0.133 e. The molecule has 3 heteroatoms. The van der Waals surface area contributed by atoms with Gasteiger partial charge in [-0.1, -0.05) is 0 Å². The quantitative estimate of drug-likeness (QED) is 0.712. The summed E-state index contributed by atoms with van der Waals surface area (Å²) in [5.41, 5.74) is 0. The fourth-order valence-electron chi connectivity index (χ4n) is 2.63. The number of hydrogen-bond donors (Lipinski definition) is 1. The molecule has 1 saturated heterocycles. The number of hydrogen-bond acceptors (Lipinski definition) is 3. The second-order valence-electron chi connectivity index (χ2n) is 4.60. The summed E-state index contributed by atoms with van der Waals surface area (Å²) in [6.07, 6.45) is 4.74. The van der Waals surface area contributed by atoms with Crippen LogP contribution in [-0.4, -0.2) is 41.5 Å². The van der Waals surface area contributed by atoms with Crippen molar-refractivity contribution in [3.63, 3.8) is 0 Å². The van der Waals surface area contributed by atoms with Crippen LogP contribution >= 0.6 is 0 Å². The van der Waals surface area contributed by atoms with Gasteiger partial charge in [-0.3, -0.25) is 9.69 Å². The average Bonchev–Trinajstić information content (AvgIpc) is 2.67. The number of aliphatic hydroxyl groups excluding tert-OH is 1. The van der Waals surface area contributed by atoms with Gasteiger partial charge in [0.25, 0.3) is 0 Å². The number of Topliss-reactive ketones (excluding diaryl/α,β-unsaturated/α-hetero) is 1. The number of ketones is 1. The van der Waals surface area contributed by atoms with Gasteiger partial charge in [0, 0.05) is 32.0 Å². The van der Waals surface area contributed by atoms with Crippen molar-refractivity contribution in [1.29, 1.82) is 0 Å². The van der Waals surface area contributed by atoms with E-state index in [0.29, 0.717) is 24.3 Å². The molecular weight excluding hydrogens is 178 g/mol. The molecule has 0 amide bonds. The van der Waals surface area contributed by atoms with Gasteiger partial charge in [-0.15, -0.1) is 0 Å². The van der Waals surface area contributed by atoms with Crippen LogP contribution in [0.1, 0.15) is 32.1 Å². The first-order chi connectivity index (χ1) is 6.79. The maximum absolute atomic E-state index is 11.1. The summed E-state index contributed by atoms with van der Waals surface area (Å²) >= 11 is 0. The predicted octanol–water partition coefficient (Wildman–Crippen LogP) is 0.812. The summed E-state index contributed by atoms with van der Waals surface area (Å²) in [7, 11) is 0. The lowest BCUT2D eigenvalue weighted by Gasteiger charge is -2.30. The third-order valence-corrected chi connectivity index (χ3v) is 3.60. The first-order valence-corrected chi connectivity index (χ1v) is 5.66. The van der Waals surface area contributed by atoms with E-state index in [1.165, 1.54) is 0 Å². The Balaban J connectivity index is 1.82. The van der Waals surface area contributed by atoms with Crippen LogP contribution in [-0.2, 0) is 4.79 Å². The van der Waals surface area contributed by atoms with Crippen LogP contribution in [0, 0.1) is 5.92 Å². The van der Waals surface area contributed by atoms with Gasteiger partial charge < -0.3 is 5.11 Å². The smallest absolute Gasteiger partial charge is 0.133 e. The SMILES string of the molecule is O=C1CCC(N2CCC(CO)C2)CC1. The lowest BCUT2D eigenvalue weighted by molar-refractivity contribution is -0.121. The fourth-order valence-corrected chi connectivity index (χ4v) is 2.63. The second kappa shape index (κ2) is 4.41. The van der Waals surface area contributed by atoms with Crippen molar-refractivity contribution in [3.05, 3.63) is 0 Å². The van der Waals surface area contributed by atoms with Crippen molar-refractivity contribution in [3.8, 4) is 0 Å². The third kappa shape index (κ3) is 2.15. The van der Waals surface area contributed by atoms with Crippen LogP contribution in [0.3, 0.4) is 0 Å². The van der Waals surface area contributed by atoms with E-state index >= 15 is 0 Å². The van der Waals surface area contributed by atoms with E-state index < -0.39 is 0 Å². The Bertz CT molecular complexity index is 207. The molecule has 2 fully saturated rings. The molecular formula is C11H19NO2. The minimum Gasteiger partial charge on any atom is -0.396 e. The molecule has 0 aromatic carbocycles. The Morgan fingerprint density at radius 3 is 2.57 bits per heavy atom. The number of rotatable bonds is 2. The largest absolute Gasteiger partial charge is 0.396 e. The molecule has 80 valence electrons. The zero-order chi connectivity index (χ0) is 9.97. The van der Waals surface area contributed by atoms with Crippen LogP contribution in [0.15, 0.2) is 0 Å². The molecule has 1 atom stereocenters. The van der Waals surface area contributed by atoms with E-state index in [0.717, 1.165) is 45.2 Å². The molecule has 1 saturated carbocycles. The summed E-state index contributed by atoms with van der Waals surface area (Å²) in [5.74, 6) is 0.909. The molecule has 2 rings (SSSR count). The lowest BCUT2D eigenvalue weighted by atomic mass is 9.93. The van der Waals surface area contributed by atoms with Gasteiger partial charge in [-0.2, -0.15) is 0 Å². The number of carbonyl (C=O) groups excluding carboxylic acids is 1. The maximum atomic E-state index is 11.1. The molecule has 1 N–H and O–H groups in total. The van der Waals surface area contributed by atoms with Crippen LogP contribution in [0.4, 0.5) is 0 Å². The molecule has 0 aromatic heterocycles. The van der Waals surface area contributed by atoms with Crippen LogP contribution in [0.25, 0.3) is 0 Å². The van der Waals surface area contributed by atoms with Crippen molar-refractivity contribution in [2.45, 2.75) is 38.1 Å². The monoisotopic (exact) mass is 197 g/mol. The normalized spacial score (nSPS) is 31.2. The Kier molecular flexibility index (Phi) is 3.19. The minimum atomic E-state index is 0.322. The predicted molar refractivity (Wildman–Crippen MR) is 54.0 cm³/mol. The fraction of sp³-hybridized carbons (Fsp3) is 0.909. The Morgan fingerprint density at radius 1 is 1.29 bits per heavy atom. The number of nitrogens with zero attached hydrogens (tertiary/aromatic N) is 1. The van der Waals surface area contributed by atoms with Gasteiger partial charge in [-0.05, 0) is 31.7 Å². The van der Waals surface area contributed by atoms with Crippen molar-refractivity contribution in [1.82, 2.24) is 4.90 Å². The third-order valence-electron chi connectivity index (χ3n) is 3.60. The highest BCUT2D eigenvalue weighted by Crippen LogP contribution is 2.26. The second-order valence-corrected chi connectivity index (χ2v) is 4.60. The summed E-state index contributed by atoms with van der Waals surface area (Å²) in [4.78, 5) is 13.6. The molecule has 0 bridgehead atoms. The molecule has 1 unspecified atom stereocenters. The first kappa shape index (κ1) is 10.1. The van der Waals surface area contributed by atoms with Crippen molar-refractivity contribution in [2.75, 3.05) is 19.7 Å². The lowest BCUT2D eigenvalue weighted by Crippen LogP contribution is -2.36. The van der Waals surface area contributed by atoms with Gasteiger partial charge in [0.15, 0.2) is 0 Å². The molecule has 14 heavy (non-hydrogen) atoms. The first-order valence-electron chi connectivity index (χ1n) is 5.66. The number of aliphatic hydroxyl groups is 1.